The van der Waals surface area contributed by atoms with E-state index < -0.39 is 19.7 Å². The van der Waals surface area contributed by atoms with Gasteiger partial charge in [-0.25, -0.2) is 4.79 Å². The van der Waals surface area contributed by atoms with Gasteiger partial charge >= 0.3 is 6.09 Å². The highest BCUT2D eigenvalue weighted by Crippen LogP contribution is 2.33. The van der Waals surface area contributed by atoms with E-state index in [0.717, 1.165) is 6.04 Å². The molecular formula is C18H29NO3Si. The van der Waals surface area contributed by atoms with Crippen LogP contribution in [0.1, 0.15) is 27.7 Å². The summed E-state index contributed by atoms with van der Waals surface area (Å²) in [5.74, 6) is 0.631. The number of allylic oxidation sites excluding steroid dienone is 1. The molecule has 0 aromatic heterocycles. The molecule has 0 saturated carbocycles. The number of amides is 1. The lowest BCUT2D eigenvalue weighted by atomic mass is 10.1. The largest absolute Gasteiger partial charge is 0.492 e. The summed E-state index contributed by atoms with van der Waals surface area (Å²) in [6, 6.07) is 6.89. The van der Waals surface area contributed by atoms with Crippen LogP contribution in [0.2, 0.25) is 19.1 Å². The minimum absolute atomic E-state index is 0.498. The SMILES string of the molecule is C=CC[Si](C)(C)c1ccc(N(C(=O)O)C(C)(C)C)c(OCC)c1. The van der Waals surface area contributed by atoms with Crippen LogP contribution >= 0.6 is 0 Å². The number of ether oxygens (including phenoxy) is 1. The number of carbonyl (C=O) groups is 1. The first-order chi connectivity index (χ1) is 10.5. The molecule has 1 aromatic rings. The Kier molecular flexibility index (Phi) is 6.05. The fraction of sp³-hybridized carbons (Fsp3) is 0.500. The van der Waals surface area contributed by atoms with Crippen LogP contribution in [0.4, 0.5) is 10.5 Å². The molecule has 0 aliphatic carbocycles. The lowest BCUT2D eigenvalue weighted by Crippen LogP contribution is -2.46. The van der Waals surface area contributed by atoms with E-state index in [9.17, 15) is 9.90 Å². The van der Waals surface area contributed by atoms with E-state index in [4.69, 9.17) is 4.74 Å². The molecule has 1 aromatic carbocycles. The molecule has 0 unspecified atom stereocenters. The van der Waals surface area contributed by atoms with Crippen LogP contribution < -0.4 is 14.8 Å². The van der Waals surface area contributed by atoms with E-state index >= 15 is 0 Å². The molecular weight excluding hydrogens is 306 g/mol. The molecule has 0 bridgehead atoms. The summed E-state index contributed by atoms with van der Waals surface area (Å²) in [5.41, 5.74) is 0.0480. The number of benzene rings is 1. The van der Waals surface area contributed by atoms with Gasteiger partial charge in [-0.3, -0.25) is 4.90 Å². The third kappa shape index (κ3) is 4.61. The van der Waals surface area contributed by atoms with Crippen molar-refractivity contribution < 1.29 is 14.6 Å². The summed E-state index contributed by atoms with van der Waals surface area (Å²) >= 11 is 0. The van der Waals surface area contributed by atoms with E-state index in [2.05, 4.69) is 19.7 Å². The minimum atomic E-state index is -1.63. The molecule has 0 aliphatic rings. The van der Waals surface area contributed by atoms with Crippen molar-refractivity contribution in [1.82, 2.24) is 0 Å². The van der Waals surface area contributed by atoms with Gasteiger partial charge in [0.25, 0.3) is 0 Å². The predicted molar refractivity (Wildman–Crippen MR) is 100.0 cm³/mol. The number of rotatable bonds is 6. The number of hydrogen-bond acceptors (Lipinski definition) is 2. The number of anilines is 1. The summed E-state index contributed by atoms with van der Waals surface area (Å²) in [4.78, 5) is 13.1. The average Bonchev–Trinajstić information content (AvgIpc) is 2.38. The second kappa shape index (κ2) is 7.21. The smallest absolute Gasteiger partial charge is 0.412 e. The van der Waals surface area contributed by atoms with Crippen LogP contribution in [0.5, 0.6) is 5.75 Å². The zero-order valence-corrected chi connectivity index (χ0v) is 16.1. The fourth-order valence-corrected chi connectivity index (χ4v) is 4.63. The van der Waals surface area contributed by atoms with Gasteiger partial charge in [0.1, 0.15) is 5.75 Å². The van der Waals surface area contributed by atoms with Crippen LogP contribution in [0.3, 0.4) is 0 Å². The van der Waals surface area contributed by atoms with Crippen molar-refractivity contribution in [2.45, 2.75) is 52.4 Å². The third-order valence-electron chi connectivity index (χ3n) is 3.80. The van der Waals surface area contributed by atoms with Crippen LogP contribution in [0, 0.1) is 0 Å². The van der Waals surface area contributed by atoms with Gasteiger partial charge in [0.05, 0.1) is 20.4 Å². The molecule has 0 aliphatic heterocycles. The summed E-state index contributed by atoms with van der Waals surface area (Å²) in [6.07, 6.45) is 0.980. The third-order valence-corrected chi connectivity index (χ3v) is 6.98. The first kappa shape index (κ1) is 19.3. The van der Waals surface area contributed by atoms with Crippen molar-refractivity contribution in [3.63, 3.8) is 0 Å². The van der Waals surface area contributed by atoms with Crippen molar-refractivity contribution in [1.29, 1.82) is 0 Å². The fourth-order valence-electron chi connectivity index (χ4n) is 2.62. The van der Waals surface area contributed by atoms with Crippen LogP contribution in [0.25, 0.3) is 0 Å². The maximum absolute atomic E-state index is 11.8. The quantitative estimate of drug-likeness (QED) is 0.616. The first-order valence-electron chi connectivity index (χ1n) is 7.96. The Morgan fingerprint density at radius 2 is 2.00 bits per heavy atom. The van der Waals surface area contributed by atoms with Crippen LogP contribution in [0.15, 0.2) is 30.9 Å². The van der Waals surface area contributed by atoms with E-state index in [1.54, 1.807) is 0 Å². The number of carboxylic acid groups (broad SMARTS) is 1. The second-order valence-corrected chi connectivity index (χ2v) is 12.0. The van der Waals surface area contributed by atoms with Gasteiger partial charge in [-0.05, 0) is 45.9 Å². The molecule has 0 heterocycles. The van der Waals surface area contributed by atoms with Gasteiger partial charge in [0.2, 0.25) is 0 Å². The predicted octanol–water partition coefficient (Wildman–Crippen LogP) is 4.47. The van der Waals surface area contributed by atoms with Gasteiger partial charge in [0.15, 0.2) is 0 Å². The Morgan fingerprint density at radius 3 is 2.43 bits per heavy atom. The van der Waals surface area contributed by atoms with Crippen molar-refractivity contribution in [2.24, 2.45) is 0 Å². The second-order valence-electron chi connectivity index (χ2n) is 7.28. The number of nitrogens with zero attached hydrogens (tertiary/aromatic N) is 1. The van der Waals surface area contributed by atoms with E-state index in [1.807, 2.05) is 52.0 Å². The Balaban J connectivity index is 3.44. The summed E-state index contributed by atoms with van der Waals surface area (Å²) < 4.78 is 5.77. The van der Waals surface area contributed by atoms with Crippen molar-refractivity contribution >= 4 is 25.0 Å². The average molecular weight is 336 g/mol. The van der Waals surface area contributed by atoms with Crippen molar-refractivity contribution in [2.75, 3.05) is 11.5 Å². The zero-order chi connectivity index (χ0) is 17.8. The van der Waals surface area contributed by atoms with Crippen LogP contribution in [-0.4, -0.2) is 31.4 Å². The first-order valence-corrected chi connectivity index (χ1v) is 11.2. The lowest BCUT2D eigenvalue weighted by Gasteiger charge is -2.34. The van der Waals surface area contributed by atoms with Gasteiger partial charge in [-0.2, -0.15) is 0 Å². The molecule has 128 valence electrons. The van der Waals surface area contributed by atoms with E-state index in [1.165, 1.54) is 10.1 Å². The van der Waals surface area contributed by atoms with Crippen molar-refractivity contribution in [3.8, 4) is 5.75 Å². The molecule has 1 rings (SSSR count). The highest BCUT2D eigenvalue weighted by molar-refractivity contribution is 6.90. The molecule has 5 heteroatoms. The normalized spacial score (nSPS) is 11.9. The molecule has 1 amide bonds. The van der Waals surface area contributed by atoms with Gasteiger partial charge < -0.3 is 9.84 Å². The van der Waals surface area contributed by atoms with Gasteiger partial charge in [-0.1, -0.05) is 30.4 Å². The molecule has 4 nitrogen and oxygen atoms in total. The molecule has 23 heavy (non-hydrogen) atoms. The Bertz CT molecular complexity index is 576. The zero-order valence-electron chi connectivity index (χ0n) is 15.1. The minimum Gasteiger partial charge on any atom is -0.492 e. The Morgan fingerprint density at radius 1 is 1.39 bits per heavy atom. The monoisotopic (exact) mass is 335 g/mol. The molecule has 0 fully saturated rings. The highest BCUT2D eigenvalue weighted by Gasteiger charge is 2.31. The van der Waals surface area contributed by atoms with Gasteiger partial charge in [-0.15, -0.1) is 6.58 Å². The highest BCUT2D eigenvalue weighted by atomic mass is 28.3. The van der Waals surface area contributed by atoms with Gasteiger partial charge in [0, 0.05) is 5.54 Å². The van der Waals surface area contributed by atoms with Crippen molar-refractivity contribution in [3.05, 3.63) is 30.9 Å². The molecule has 1 N–H and O–H groups in total. The maximum atomic E-state index is 11.8. The molecule has 0 radical (unpaired) electrons. The molecule has 0 atom stereocenters. The maximum Gasteiger partial charge on any atom is 0.412 e. The standard InChI is InChI=1S/C18H29NO3Si/c1-8-12-23(6,7)14-10-11-15(16(13-14)22-9-2)19(17(20)21)18(3,4)5/h8,10-11,13H,1,9,12H2,2-7H3,(H,20,21). The summed E-state index contributed by atoms with van der Waals surface area (Å²) in [7, 11) is -1.63. The summed E-state index contributed by atoms with van der Waals surface area (Å²) in [6.45, 7) is 16.4. The van der Waals surface area contributed by atoms with Crippen LogP contribution in [-0.2, 0) is 0 Å². The molecule has 0 saturated heterocycles. The Labute approximate surface area is 140 Å². The Hall–Kier alpha value is -1.75. The number of hydrogen-bond donors (Lipinski definition) is 1. The summed E-state index contributed by atoms with van der Waals surface area (Å²) in [5, 5.41) is 10.9. The van der Waals surface area contributed by atoms with E-state index in [0.29, 0.717) is 18.0 Å². The topological polar surface area (TPSA) is 49.8 Å². The lowest BCUT2D eigenvalue weighted by molar-refractivity contribution is 0.195. The molecule has 0 spiro atoms. The van der Waals surface area contributed by atoms with E-state index in [-0.39, 0.29) is 0 Å².